The van der Waals surface area contributed by atoms with Crippen molar-refractivity contribution < 1.29 is 29.3 Å². The maximum atomic E-state index is 13.8. The topological polar surface area (TPSA) is 169 Å². The van der Waals surface area contributed by atoms with Crippen molar-refractivity contribution in [1.82, 2.24) is 24.3 Å². The van der Waals surface area contributed by atoms with Gasteiger partial charge >= 0.3 is 12.0 Å². The van der Waals surface area contributed by atoms with Gasteiger partial charge in [-0.05, 0) is 37.0 Å². The molecule has 13 heteroatoms. The minimum Gasteiger partial charge on any atom is -0.479 e. The highest BCUT2D eigenvalue weighted by Gasteiger charge is 2.35. The molecule has 1 saturated carbocycles. The van der Waals surface area contributed by atoms with Crippen LogP contribution in [0.25, 0.3) is 22.3 Å². The molecule has 4 atom stereocenters. The molecule has 0 spiro atoms. The van der Waals surface area contributed by atoms with Gasteiger partial charge in [-0.25, -0.2) is 19.6 Å². The maximum Gasteiger partial charge on any atom is 0.334 e. The second-order valence-corrected chi connectivity index (χ2v) is 11.3. The number of aliphatic hydroxyl groups is 1. The van der Waals surface area contributed by atoms with E-state index in [0.717, 1.165) is 18.4 Å². The highest BCUT2D eigenvalue weighted by molar-refractivity contribution is 6.02. The van der Waals surface area contributed by atoms with Crippen LogP contribution >= 0.6 is 0 Å². The molecule has 2 aliphatic rings. The Morgan fingerprint density at radius 2 is 2.00 bits per heavy atom. The number of carboxylic acid groups (broad SMARTS) is 1. The molecule has 228 valence electrons. The summed E-state index contributed by atoms with van der Waals surface area (Å²) in [7, 11) is 1.59. The van der Waals surface area contributed by atoms with Gasteiger partial charge in [-0.2, -0.15) is 10.4 Å². The first kappa shape index (κ1) is 29.3. The predicted molar refractivity (Wildman–Crippen MR) is 158 cm³/mol. The third kappa shape index (κ3) is 5.73. The van der Waals surface area contributed by atoms with E-state index in [1.54, 1.807) is 49.8 Å². The molecule has 2 N–H and O–H groups in total. The number of hydrogen-bond donors (Lipinski definition) is 2. The number of aromatic nitrogens is 5. The van der Waals surface area contributed by atoms with Gasteiger partial charge in [0.15, 0.2) is 11.8 Å². The van der Waals surface area contributed by atoms with Gasteiger partial charge in [0.05, 0.1) is 42.2 Å². The lowest BCUT2D eigenvalue weighted by Crippen LogP contribution is -2.42. The first-order valence-corrected chi connectivity index (χ1v) is 14.7. The number of carbonyl (C=O) groups excluding carboxylic acids is 1. The van der Waals surface area contributed by atoms with Crippen molar-refractivity contribution in [3.63, 3.8) is 0 Å². The number of amides is 1. The lowest BCUT2D eigenvalue weighted by molar-refractivity contribution is -0.195. The van der Waals surface area contributed by atoms with Crippen molar-refractivity contribution in [1.29, 1.82) is 5.26 Å². The van der Waals surface area contributed by atoms with E-state index < -0.39 is 30.5 Å². The summed E-state index contributed by atoms with van der Waals surface area (Å²) in [6.07, 6.45) is 8.56. The standard InChI is InChI=1S/C31H33N7O6/c1-36(24-8-4-5-9-25(24)43-27-15-21(39)14-26(44-27)30(40)41)31(42)37-13-11-22-28(33-18-34-29(22)37)20-16-35-38(17-20)23(10-12-32)19-6-2-3-7-19/h4-5,8-9,11,13,16-19,21,23,26-27,39H,2-3,6-7,10,14-15H2,1H3,(H,40,41)/t21-,23+,26-,27+/m0/s1. The number of benzene rings is 1. The van der Waals surface area contributed by atoms with Crippen LogP contribution in [0.15, 0.2) is 55.2 Å². The molecule has 4 aromatic rings. The summed E-state index contributed by atoms with van der Waals surface area (Å²) in [5.41, 5.74) is 2.22. The normalized spacial score (nSPS) is 21.2. The van der Waals surface area contributed by atoms with Crippen LogP contribution in [0.4, 0.5) is 10.5 Å². The van der Waals surface area contributed by atoms with Crippen LogP contribution in [-0.2, 0) is 9.53 Å². The van der Waals surface area contributed by atoms with E-state index in [0.29, 0.717) is 40.5 Å². The Morgan fingerprint density at radius 1 is 1.20 bits per heavy atom. The van der Waals surface area contributed by atoms with E-state index in [1.165, 1.54) is 28.6 Å². The van der Waals surface area contributed by atoms with Crippen LogP contribution in [0.3, 0.4) is 0 Å². The summed E-state index contributed by atoms with van der Waals surface area (Å²) < 4.78 is 14.8. The van der Waals surface area contributed by atoms with Gasteiger partial charge < -0.3 is 19.7 Å². The fourth-order valence-corrected chi connectivity index (χ4v) is 6.22. The molecule has 1 aliphatic heterocycles. The van der Waals surface area contributed by atoms with Gasteiger partial charge in [0.25, 0.3) is 0 Å². The number of fused-ring (bicyclic) bond motifs is 1. The summed E-state index contributed by atoms with van der Waals surface area (Å²) in [5.74, 6) is -0.468. The number of anilines is 1. The Bertz CT molecular complexity index is 1700. The minimum atomic E-state index is -1.19. The summed E-state index contributed by atoms with van der Waals surface area (Å²) in [4.78, 5) is 35.6. The van der Waals surface area contributed by atoms with Crippen LogP contribution in [-0.4, -0.2) is 72.1 Å². The molecule has 1 aliphatic carbocycles. The zero-order valence-electron chi connectivity index (χ0n) is 24.2. The van der Waals surface area contributed by atoms with E-state index >= 15 is 0 Å². The number of ether oxygens (including phenoxy) is 2. The molecule has 0 bridgehead atoms. The monoisotopic (exact) mass is 599 g/mol. The van der Waals surface area contributed by atoms with Gasteiger partial charge in [-0.3, -0.25) is 14.1 Å². The molecular formula is C31H33N7O6. The highest BCUT2D eigenvalue weighted by atomic mass is 16.7. The Hall–Kier alpha value is -4.80. The summed E-state index contributed by atoms with van der Waals surface area (Å²) in [5, 5.41) is 34.2. The van der Waals surface area contributed by atoms with Crippen LogP contribution in [0.1, 0.15) is 51.0 Å². The van der Waals surface area contributed by atoms with Crippen molar-refractivity contribution in [2.75, 3.05) is 11.9 Å². The van der Waals surface area contributed by atoms with E-state index in [1.807, 2.05) is 10.9 Å². The van der Waals surface area contributed by atoms with Crippen LogP contribution in [0, 0.1) is 17.2 Å². The number of rotatable bonds is 8. The molecule has 1 saturated heterocycles. The molecular weight excluding hydrogens is 566 g/mol. The number of aliphatic carboxylic acids is 1. The van der Waals surface area contributed by atoms with Crippen molar-refractivity contribution >= 4 is 28.7 Å². The zero-order chi connectivity index (χ0) is 30.8. The molecule has 1 aromatic carbocycles. The van der Waals surface area contributed by atoms with Gasteiger partial charge in [0, 0.05) is 43.2 Å². The number of carboxylic acids is 1. The van der Waals surface area contributed by atoms with Gasteiger partial charge in [-0.1, -0.05) is 25.0 Å². The number of aliphatic hydroxyl groups excluding tert-OH is 1. The Kier molecular flexibility index (Phi) is 8.28. The van der Waals surface area contributed by atoms with Crippen molar-refractivity contribution in [3.05, 3.63) is 55.2 Å². The molecule has 2 fully saturated rings. The van der Waals surface area contributed by atoms with Crippen molar-refractivity contribution in [3.8, 4) is 23.1 Å². The van der Waals surface area contributed by atoms with Crippen LogP contribution in [0.5, 0.6) is 5.75 Å². The van der Waals surface area contributed by atoms with Crippen LogP contribution in [0.2, 0.25) is 0 Å². The quantitative estimate of drug-likeness (QED) is 0.297. The van der Waals surface area contributed by atoms with E-state index in [-0.39, 0.29) is 18.9 Å². The number of carbonyl (C=O) groups is 2. The summed E-state index contributed by atoms with van der Waals surface area (Å²) in [6, 6.07) is 10.5. The Morgan fingerprint density at radius 3 is 2.77 bits per heavy atom. The van der Waals surface area contributed by atoms with Crippen LogP contribution < -0.4 is 9.64 Å². The van der Waals surface area contributed by atoms with E-state index in [4.69, 9.17) is 9.47 Å². The first-order valence-electron chi connectivity index (χ1n) is 14.7. The largest absolute Gasteiger partial charge is 0.479 e. The Balaban J connectivity index is 1.25. The third-order valence-corrected chi connectivity index (χ3v) is 8.46. The smallest absolute Gasteiger partial charge is 0.334 e. The fraction of sp³-hybridized carbons (Fsp3) is 0.419. The van der Waals surface area contributed by atoms with E-state index in [2.05, 4.69) is 21.1 Å². The molecule has 1 amide bonds. The molecule has 0 radical (unpaired) electrons. The average molecular weight is 600 g/mol. The third-order valence-electron chi connectivity index (χ3n) is 8.46. The second-order valence-electron chi connectivity index (χ2n) is 11.3. The minimum absolute atomic E-state index is 0.00739. The summed E-state index contributed by atoms with van der Waals surface area (Å²) in [6.45, 7) is 0. The van der Waals surface area contributed by atoms with Crippen molar-refractivity contribution in [2.24, 2.45) is 5.92 Å². The van der Waals surface area contributed by atoms with Gasteiger partial charge in [0.1, 0.15) is 12.1 Å². The molecule has 4 heterocycles. The van der Waals surface area contributed by atoms with E-state index in [9.17, 15) is 25.1 Å². The second kappa shape index (κ2) is 12.4. The van der Waals surface area contributed by atoms with Crippen molar-refractivity contribution in [2.45, 2.75) is 69.5 Å². The SMILES string of the molecule is CN(C(=O)n1ccc2c(-c3cnn([C@H](CC#N)C4CCCC4)c3)ncnc21)c1ccccc1O[C@H]1C[C@@H](O)C[C@@H](C(=O)O)O1. The maximum absolute atomic E-state index is 13.8. The first-order chi connectivity index (χ1) is 21.3. The predicted octanol–water partition coefficient (Wildman–Crippen LogP) is 4.37. The van der Waals surface area contributed by atoms with Gasteiger partial charge in [0.2, 0.25) is 6.29 Å². The average Bonchev–Trinajstić information content (AvgIpc) is 3.81. The molecule has 13 nitrogen and oxygen atoms in total. The highest BCUT2D eigenvalue weighted by Crippen LogP contribution is 2.37. The number of nitrogens with zero attached hydrogens (tertiary/aromatic N) is 7. The number of para-hydroxylation sites is 2. The molecule has 3 aromatic heterocycles. The molecule has 44 heavy (non-hydrogen) atoms. The zero-order valence-corrected chi connectivity index (χ0v) is 24.2. The van der Waals surface area contributed by atoms with Gasteiger partial charge in [-0.15, -0.1) is 0 Å². The fourth-order valence-electron chi connectivity index (χ4n) is 6.22. The lowest BCUT2D eigenvalue weighted by Gasteiger charge is -2.32. The lowest BCUT2D eigenvalue weighted by atomic mass is 9.96. The summed E-state index contributed by atoms with van der Waals surface area (Å²) >= 11 is 0. The molecule has 0 unspecified atom stereocenters. The Labute approximate surface area is 253 Å². The number of nitriles is 1. The molecule has 6 rings (SSSR count). The number of hydrogen-bond acceptors (Lipinski definition) is 9.